The number of fused-ring (bicyclic) bond motifs is 3. The van der Waals surface area contributed by atoms with Gasteiger partial charge in [-0.1, -0.05) is 55.1 Å². The highest BCUT2D eigenvalue weighted by molar-refractivity contribution is 7.99. The number of likely N-dealkylation sites (tertiary alicyclic amines) is 1. The highest BCUT2D eigenvalue weighted by Crippen LogP contribution is 2.27. The molecule has 1 aliphatic rings. The maximum Gasteiger partial charge on any atom is 0.283 e. The monoisotopic (exact) mass is 446 g/mol. The zero-order chi connectivity index (χ0) is 22.1. The normalized spacial score (nSPS) is 16.7. The van der Waals surface area contributed by atoms with E-state index in [1.807, 2.05) is 59.5 Å². The van der Waals surface area contributed by atoms with E-state index in [1.165, 1.54) is 18.2 Å². The average Bonchev–Trinajstić information content (AvgIpc) is 3.22. The van der Waals surface area contributed by atoms with Crippen LogP contribution >= 0.6 is 11.8 Å². The Balaban J connectivity index is 1.57. The number of carbonyl (C=O) groups is 1. The molecule has 4 aromatic rings. The molecule has 1 N–H and O–H groups in total. The maximum absolute atomic E-state index is 13.5. The molecule has 1 aliphatic heterocycles. The van der Waals surface area contributed by atoms with Gasteiger partial charge in [0, 0.05) is 23.5 Å². The third kappa shape index (κ3) is 3.71. The van der Waals surface area contributed by atoms with Crippen LogP contribution < -0.4 is 5.56 Å². The van der Waals surface area contributed by atoms with Crippen molar-refractivity contribution in [1.29, 1.82) is 0 Å². The molecule has 6 nitrogen and oxygen atoms in total. The van der Waals surface area contributed by atoms with Crippen molar-refractivity contribution in [3.05, 3.63) is 65.0 Å². The summed E-state index contributed by atoms with van der Waals surface area (Å²) in [6, 6.07) is 17.6. The van der Waals surface area contributed by atoms with E-state index in [1.54, 1.807) is 4.57 Å². The highest BCUT2D eigenvalue weighted by atomic mass is 32.2. The summed E-state index contributed by atoms with van der Waals surface area (Å²) in [4.78, 5) is 36.8. The van der Waals surface area contributed by atoms with Crippen molar-refractivity contribution < 1.29 is 4.79 Å². The van der Waals surface area contributed by atoms with Crippen LogP contribution in [-0.2, 0) is 4.79 Å². The van der Waals surface area contributed by atoms with Crippen LogP contribution in [0.15, 0.2) is 64.5 Å². The number of nitrogens with one attached hydrogen (secondary N) is 1. The highest BCUT2D eigenvalue weighted by Gasteiger charge is 2.26. The number of hydrogen-bond acceptors (Lipinski definition) is 4. The summed E-state index contributed by atoms with van der Waals surface area (Å²) in [5, 5.41) is 1.45. The molecule has 0 saturated carbocycles. The van der Waals surface area contributed by atoms with E-state index in [-0.39, 0.29) is 17.2 Å². The number of nitrogens with zero attached hydrogens (tertiary/aromatic N) is 3. The van der Waals surface area contributed by atoms with Gasteiger partial charge in [-0.3, -0.25) is 14.2 Å². The van der Waals surface area contributed by atoms with Crippen molar-refractivity contribution in [3.63, 3.8) is 0 Å². The minimum absolute atomic E-state index is 0.120. The Bertz CT molecular complexity index is 1330. The molecule has 1 fully saturated rings. The first kappa shape index (κ1) is 20.8. The smallest absolute Gasteiger partial charge is 0.283 e. The van der Waals surface area contributed by atoms with E-state index in [0.717, 1.165) is 42.4 Å². The van der Waals surface area contributed by atoms with Gasteiger partial charge in [-0.05, 0) is 43.9 Å². The van der Waals surface area contributed by atoms with E-state index in [9.17, 15) is 9.59 Å². The molecule has 7 heteroatoms. The van der Waals surface area contributed by atoms with E-state index >= 15 is 0 Å². The minimum Gasteiger partial charge on any atom is -0.349 e. The molecule has 0 bridgehead atoms. The second-order valence-corrected chi connectivity index (χ2v) is 9.14. The zero-order valence-corrected chi connectivity index (χ0v) is 18.9. The van der Waals surface area contributed by atoms with Gasteiger partial charge >= 0.3 is 0 Å². The number of hydrogen-bond donors (Lipinski definition) is 1. The van der Waals surface area contributed by atoms with Gasteiger partial charge in [-0.25, -0.2) is 4.98 Å². The number of piperidine rings is 1. The summed E-state index contributed by atoms with van der Waals surface area (Å²) in [7, 11) is 0. The first-order chi connectivity index (χ1) is 15.7. The molecule has 1 amide bonds. The van der Waals surface area contributed by atoms with E-state index in [4.69, 9.17) is 4.98 Å². The molecule has 1 atom stereocenters. The molecule has 1 unspecified atom stereocenters. The van der Waals surface area contributed by atoms with Gasteiger partial charge in [0.05, 0.1) is 11.4 Å². The summed E-state index contributed by atoms with van der Waals surface area (Å²) in [6.45, 7) is 2.96. The van der Waals surface area contributed by atoms with E-state index in [0.29, 0.717) is 22.2 Å². The second-order valence-electron chi connectivity index (χ2n) is 8.20. The van der Waals surface area contributed by atoms with Crippen molar-refractivity contribution in [3.8, 4) is 5.69 Å². The molecule has 3 heterocycles. The molecule has 0 spiro atoms. The number of H-pyrrole nitrogens is 1. The Labute approximate surface area is 190 Å². The lowest BCUT2D eigenvalue weighted by atomic mass is 10.0. The van der Waals surface area contributed by atoms with Crippen LogP contribution in [-0.4, -0.2) is 43.7 Å². The Morgan fingerprint density at radius 3 is 2.72 bits per heavy atom. The number of carbonyl (C=O) groups excluding carboxylic acids is 1. The Morgan fingerprint density at radius 2 is 1.91 bits per heavy atom. The van der Waals surface area contributed by atoms with Crippen LogP contribution in [0.4, 0.5) is 0 Å². The second kappa shape index (κ2) is 8.82. The van der Waals surface area contributed by atoms with E-state index in [2.05, 4.69) is 11.9 Å². The number of thioether (sulfide) groups is 1. The van der Waals surface area contributed by atoms with Gasteiger partial charge in [0.2, 0.25) is 5.91 Å². The summed E-state index contributed by atoms with van der Waals surface area (Å²) in [5.41, 5.74) is 2.59. The van der Waals surface area contributed by atoms with Crippen LogP contribution in [0.2, 0.25) is 0 Å². The zero-order valence-electron chi connectivity index (χ0n) is 18.1. The molecule has 164 valence electrons. The van der Waals surface area contributed by atoms with Gasteiger partial charge < -0.3 is 9.88 Å². The summed E-state index contributed by atoms with van der Waals surface area (Å²) in [5.74, 6) is 0.387. The molecule has 0 aliphatic carbocycles. The number of aromatic amines is 1. The van der Waals surface area contributed by atoms with Gasteiger partial charge in [0.25, 0.3) is 5.56 Å². The predicted molar refractivity (Wildman–Crippen MR) is 130 cm³/mol. The van der Waals surface area contributed by atoms with Gasteiger partial charge in [-0.15, -0.1) is 0 Å². The lowest BCUT2D eigenvalue weighted by Crippen LogP contribution is -2.44. The number of para-hydroxylation sites is 2. The van der Waals surface area contributed by atoms with Gasteiger partial charge in [0.1, 0.15) is 11.0 Å². The summed E-state index contributed by atoms with van der Waals surface area (Å²) >= 11 is 1.34. The lowest BCUT2D eigenvalue weighted by Gasteiger charge is -2.35. The Morgan fingerprint density at radius 1 is 1.12 bits per heavy atom. The fourth-order valence-electron chi connectivity index (χ4n) is 4.61. The molecular formula is C25H26N4O2S. The molecule has 0 radical (unpaired) electrons. The third-order valence-corrected chi connectivity index (χ3v) is 7.18. The number of aromatic nitrogens is 3. The summed E-state index contributed by atoms with van der Waals surface area (Å²) in [6.07, 6.45) is 4.29. The maximum atomic E-state index is 13.5. The fraction of sp³-hybridized carbons (Fsp3) is 0.320. The number of rotatable bonds is 5. The van der Waals surface area contributed by atoms with Crippen LogP contribution in [0.25, 0.3) is 27.6 Å². The van der Waals surface area contributed by atoms with Crippen molar-refractivity contribution >= 4 is 39.6 Å². The van der Waals surface area contributed by atoms with Crippen molar-refractivity contribution in [2.24, 2.45) is 0 Å². The molecule has 5 rings (SSSR count). The molecule has 2 aromatic carbocycles. The quantitative estimate of drug-likeness (QED) is 0.355. The summed E-state index contributed by atoms with van der Waals surface area (Å²) < 4.78 is 1.61. The largest absolute Gasteiger partial charge is 0.349 e. The number of amides is 1. The SMILES string of the molecule is CCC1CCCCN1C(=O)CSc1nc2c([nH]c3ccccc32)c(=O)n1-c1ccccc1. The first-order valence-corrected chi connectivity index (χ1v) is 12.2. The number of benzene rings is 2. The third-order valence-electron chi connectivity index (χ3n) is 6.25. The van der Waals surface area contributed by atoms with Crippen LogP contribution in [0.5, 0.6) is 0 Å². The van der Waals surface area contributed by atoms with Crippen LogP contribution in [0.1, 0.15) is 32.6 Å². The van der Waals surface area contributed by atoms with Gasteiger partial charge in [0.15, 0.2) is 5.16 Å². The van der Waals surface area contributed by atoms with Crippen molar-refractivity contribution in [2.75, 3.05) is 12.3 Å². The lowest BCUT2D eigenvalue weighted by molar-refractivity contribution is -0.132. The van der Waals surface area contributed by atoms with Crippen molar-refractivity contribution in [1.82, 2.24) is 19.4 Å². The predicted octanol–water partition coefficient (Wildman–Crippen LogP) is 4.75. The first-order valence-electron chi connectivity index (χ1n) is 11.2. The molecular weight excluding hydrogens is 420 g/mol. The fourth-order valence-corrected chi connectivity index (χ4v) is 5.50. The Hall–Kier alpha value is -3.06. The molecule has 32 heavy (non-hydrogen) atoms. The van der Waals surface area contributed by atoms with Crippen LogP contribution in [0.3, 0.4) is 0 Å². The van der Waals surface area contributed by atoms with Crippen molar-refractivity contribution in [2.45, 2.75) is 43.8 Å². The van der Waals surface area contributed by atoms with Gasteiger partial charge in [-0.2, -0.15) is 0 Å². The average molecular weight is 447 g/mol. The molecule has 2 aromatic heterocycles. The molecule has 1 saturated heterocycles. The van der Waals surface area contributed by atoms with E-state index < -0.39 is 0 Å². The Kier molecular flexibility index (Phi) is 5.74. The standard InChI is InChI=1S/C25H26N4O2S/c1-2-17-10-8-9-15-28(17)21(30)16-32-25-27-22-19-13-6-7-14-20(19)26-23(22)24(31)29(25)18-11-4-3-5-12-18/h3-7,11-14,17,26H,2,8-10,15-16H2,1H3. The topological polar surface area (TPSA) is 71.0 Å². The minimum atomic E-state index is -0.156. The van der Waals surface area contributed by atoms with Crippen LogP contribution in [0, 0.1) is 0 Å².